The lowest BCUT2D eigenvalue weighted by molar-refractivity contribution is -0.125. The average molecular weight is 304 g/mol. The van der Waals surface area contributed by atoms with E-state index < -0.39 is 0 Å². The maximum Gasteiger partial charge on any atom is 0.255 e. The number of nitrogens with zero attached hydrogens (tertiary/aromatic N) is 1. The minimum Gasteiger partial charge on any atom is -0.353 e. The molecule has 4 nitrogen and oxygen atoms in total. The van der Waals surface area contributed by atoms with Gasteiger partial charge < -0.3 is 10.2 Å². The number of carbonyl (C=O) groups excluding carboxylic acids is 2. The highest BCUT2D eigenvalue weighted by Gasteiger charge is 2.35. The van der Waals surface area contributed by atoms with Gasteiger partial charge in [-0.15, -0.1) is 11.8 Å². The molecule has 2 aliphatic heterocycles. The zero-order valence-corrected chi connectivity index (χ0v) is 13.0. The first kappa shape index (κ1) is 14.4. The Kier molecular flexibility index (Phi) is 4.19. The first-order valence-electron chi connectivity index (χ1n) is 7.40. The summed E-state index contributed by atoms with van der Waals surface area (Å²) in [6.45, 7) is 1.48. The number of piperidine rings is 2. The van der Waals surface area contributed by atoms with Gasteiger partial charge in [0.05, 0.1) is 5.56 Å². The molecule has 0 bridgehead atoms. The molecule has 21 heavy (non-hydrogen) atoms. The van der Waals surface area contributed by atoms with Gasteiger partial charge in [-0.25, -0.2) is 0 Å². The maximum atomic E-state index is 12.7. The summed E-state index contributed by atoms with van der Waals surface area (Å²) < 4.78 is 0. The highest BCUT2D eigenvalue weighted by atomic mass is 32.2. The Morgan fingerprint density at radius 3 is 2.95 bits per heavy atom. The summed E-state index contributed by atoms with van der Waals surface area (Å²) in [6.07, 6.45) is 4.34. The van der Waals surface area contributed by atoms with Gasteiger partial charge in [-0.1, -0.05) is 12.1 Å². The average Bonchev–Trinajstić information content (AvgIpc) is 2.53. The third-order valence-corrected chi connectivity index (χ3v) is 5.24. The van der Waals surface area contributed by atoms with Gasteiger partial charge in [-0.05, 0) is 37.1 Å². The van der Waals surface area contributed by atoms with Crippen LogP contribution in [0.3, 0.4) is 0 Å². The summed E-state index contributed by atoms with van der Waals surface area (Å²) in [4.78, 5) is 27.2. The van der Waals surface area contributed by atoms with E-state index in [4.69, 9.17) is 0 Å². The molecule has 3 rings (SSSR count). The summed E-state index contributed by atoms with van der Waals surface area (Å²) in [5.74, 6) is 0.681. The Morgan fingerprint density at radius 1 is 1.33 bits per heavy atom. The summed E-state index contributed by atoms with van der Waals surface area (Å²) in [6, 6.07) is 8.03. The molecule has 2 heterocycles. The molecule has 2 fully saturated rings. The molecule has 2 aliphatic rings. The van der Waals surface area contributed by atoms with Crippen LogP contribution in [0.5, 0.6) is 0 Å². The second kappa shape index (κ2) is 6.10. The van der Waals surface area contributed by atoms with E-state index >= 15 is 0 Å². The number of thioether (sulfide) groups is 1. The van der Waals surface area contributed by atoms with Crippen LogP contribution in [-0.2, 0) is 4.79 Å². The number of fused-ring (bicyclic) bond motifs is 1. The smallest absolute Gasteiger partial charge is 0.255 e. The van der Waals surface area contributed by atoms with Crippen molar-refractivity contribution in [3.8, 4) is 0 Å². The van der Waals surface area contributed by atoms with Crippen molar-refractivity contribution in [3.63, 3.8) is 0 Å². The second-order valence-electron chi connectivity index (χ2n) is 5.71. The van der Waals surface area contributed by atoms with Crippen LogP contribution in [0, 0.1) is 5.92 Å². The molecule has 1 N–H and O–H groups in total. The SMILES string of the molecule is CSc1ccccc1C(=O)N1CCC2NC(=O)CCC2C1. The van der Waals surface area contributed by atoms with Crippen molar-refractivity contribution in [2.75, 3.05) is 19.3 Å². The van der Waals surface area contributed by atoms with Crippen LogP contribution >= 0.6 is 11.8 Å². The number of nitrogens with one attached hydrogen (secondary N) is 1. The Balaban J connectivity index is 1.73. The third kappa shape index (κ3) is 2.93. The fourth-order valence-corrected chi connectivity index (χ4v) is 3.88. The molecule has 1 aromatic carbocycles. The van der Waals surface area contributed by atoms with E-state index in [2.05, 4.69) is 5.32 Å². The van der Waals surface area contributed by atoms with E-state index in [0.29, 0.717) is 12.3 Å². The van der Waals surface area contributed by atoms with Crippen LogP contribution in [0.4, 0.5) is 0 Å². The number of amides is 2. The number of rotatable bonds is 2. The van der Waals surface area contributed by atoms with E-state index in [-0.39, 0.29) is 17.9 Å². The quantitative estimate of drug-likeness (QED) is 0.852. The molecular weight excluding hydrogens is 284 g/mol. The molecule has 2 unspecified atom stereocenters. The van der Waals surface area contributed by atoms with Crippen LogP contribution in [0.2, 0.25) is 0 Å². The highest BCUT2D eigenvalue weighted by molar-refractivity contribution is 7.98. The largest absolute Gasteiger partial charge is 0.353 e. The monoisotopic (exact) mass is 304 g/mol. The predicted octanol–water partition coefficient (Wildman–Crippen LogP) is 2.15. The predicted molar refractivity (Wildman–Crippen MR) is 83.4 cm³/mol. The molecular formula is C16H20N2O2S. The van der Waals surface area contributed by atoms with Crippen LogP contribution in [0.15, 0.2) is 29.2 Å². The normalized spacial score (nSPS) is 25.2. The van der Waals surface area contributed by atoms with Crippen molar-refractivity contribution in [2.45, 2.75) is 30.2 Å². The Labute approximate surface area is 129 Å². The fourth-order valence-electron chi connectivity index (χ4n) is 3.29. The van der Waals surface area contributed by atoms with Crippen molar-refractivity contribution < 1.29 is 9.59 Å². The third-order valence-electron chi connectivity index (χ3n) is 4.45. The molecule has 2 saturated heterocycles. The van der Waals surface area contributed by atoms with Crippen molar-refractivity contribution in [1.29, 1.82) is 0 Å². The Morgan fingerprint density at radius 2 is 2.14 bits per heavy atom. The molecule has 5 heteroatoms. The van der Waals surface area contributed by atoms with Gasteiger partial charge in [0, 0.05) is 30.4 Å². The van der Waals surface area contributed by atoms with E-state index in [1.54, 1.807) is 11.8 Å². The van der Waals surface area contributed by atoms with Gasteiger partial charge in [-0.2, -0.15) is 0 Å². The summed E-state index contributed by atoms with van der Waals surface area (Å²) in [5.41, 5.74) is 0.795. The molecule has 112 valence electrons. The van der Waals surface area contributed by atoms with Crippen LogP contribution in [-0.4, -0.2) is 42.1 Å². The van der Waals surface area contributed by atoms with Gasteiger partial charge in [0.2, 0.25) is 5.91 Å². The van der Waals surface area contributed by atoms with E-state index in [1.165, 1.54) is 0 Å². The molecule has 2 amide bonds. The summed E-state index contributed by atoms with van der Waals surface area (Å²) >= 11 is 1.61. The lowest BCUT2D eigenvalue weighted by Crippen LogP contribution is -2.55. The lowest BCUT2D eigenvalue weighted by Gasteiger charge is -2.41. The topological polar surface area (TPSA) is 49.4 Å². The molecule has 1 aromatic rings. The van der Waals surface area contributed by atoms with Crippen molar-refractivity contribution in [3.05, 3.63) is 29.8 Å². The number of benzene rings is 1. The van der Waals surface area contributed by atoms with Crippen molar-refractivity contribution >= 4 is 23.6 Å². The van der Waals surface area contributed by atoms with Crippen molar-refractivity contribution in [1.82, 2.24) is 10.2 Å². The molecule has 0 aliphatic carbocycles. The first-order valence-corrected chi connectivity index (χ1v) is 8.63. The molecule has 0 saturated carbocycles. The van der Waals surface area contributed by atoms with E-state index in [9.17, 15) is 9.59 Å². The van der Waals surface area contributed by atoms with Gasteiger partial charge in [0.1, 0.15) is 0 Å². The summed E-state index contributed by atoms with van der Waals surface area (Å²) in [5, 5.41) is 3.06. The Hall–Kier alpha value is -1.49. The number of carbonyl (C=O) groups is 2. The molecule has 0 spiro atoms. The molecule has 2 atom stereocenters. The number of likely N-dealkylation sites (tertiary alicyclic amines) is 1. The first-order chi connectivity index (χ1) is 10.2. The van der Waals surface area contributed by atoms with Crippen molar-refractivity contribution in [2.24, 2.45) is 5.92 Å². The van der Waals surface area contributed by atoms with Crippen LogP contribution < -0.4 is 5.32 Å². The van der Waals surface area contributed by atoms with Crippen LogP contribution in [0.25, 0.3) is 0 Å². The van der Waals surface area contributed by atoms with Gasteiger partial charge in [0.15, 0.2) is 0 Å². The maximum absolute atomic E-state index is 12.7. The van der Waals surface area contributed by atoms with Gasteiger partial charge in [-0.3, -0.25) is 9.59 Å². The standard InChI is InChI=1S/C16H20N2O2S/c1-21-14-5-3-2-4-12(14)16(20)18-9-8-13-11(10-18)6-7-15(19)17-13/h2-5,11,13H,6-10H2,1H3,(H,17,19). The zero-order chi connectivity index (χ0) is 14.8. The minimum absolute atomic E-state index is 0.121. The highest BCUT2D eigenvalue weighted by Crippen LogP contribution is 2.28. The van der Waals surface area contributed by atoms with Gasteiger partial charge in [0.25, 0.3) is 5.91 Å². The van der Waals surface area contributed by atoms with Crippen LogP contribution in [0.1, 0.15) is 29.6 Å². The second-order valence-corrected chi connectivity index (χ2v) is 6.56. The fraction of sp³-hybridized carbons (Fsp3) is 0.500. The molecule has 0 aromatic heterocycles. The number of hydrogen-bond donors (Lipinski definition) is 1. The lowest BCUT2D eigenvalue weighted by atomic mass is 9.85. The summed E-state index contributed by atoms with van der Waals surface area (Å²) in [7, 11) is 0. The van der Waals surface area contributed by atoms with E-state index in [1.807, 2.05) is 35.4 Å². The Bertz CT molecular complexity index is 561. The van der Waals surface area contributed by atoms with Gasteiger partial charge >= 0.3 is 0 Å². The number of hydrogen-bond acceptors (Lipinski definition) is 3. The van der Waals surface area contributed by atoms with E-state index in [0.717, 1.165) is 36.4 Å². The minimum atomic E-state index is 0.121. The zero-order valence-electron chi connectivity index (χ0n) is 12.2. The molecule has 0 radical (unpaired) electrons.